The van der Waals surface area contributed by atoms with Gasteiger partial charge in [0, 0.05) is 24.9 Å². The van der Waals surface area contributed by atoms with Crippen LogP contribution in [0.15, 0.2) is 59.6 Å². The Kier molecular flexibility index (Phi) is 5.60. The molecule has 3 aromatic heterocycles. The second kappa shape index (κ2) is 8.85. The normalized spacial score (nSPS) is 13.3. The third-order valence-electron chi connectivity index (χ3n) is 5.21. The summed E-state index contributed by atoms with van der Waals surface area (Å²) in [6.07, 6.45) is 7.24. The van der Waals surface area contributed by atoms with Crippen molar-refractivity contribution in [3.63, 3.8) is 0 Å². The van der Waals surface area contributed by atoms with Gasteiger partial charge in [-0.15, -0.1) is 0 Å². The molecule has 1 fully saturated rings. The van der Waals surface area contributed by atoms with Gasteiger partial charge in [0.1, 0.15) is 23.6 Å². The quantitative estimate of drug-likeness (QED) is 0.439. The zero-order valence-electron chi connectivity index (χ0n) is 18.4. The van der Waals surface area contributed by atoms with E-state index < -0.39 is 0 Å². The Hall–Kier alpha value is -4.01. The van der Waals surface area contributed by atoms with Gasteiger partial charge >= 0.3 is 0 Å². The highest BCUT2D eigenvalue weighted by molar-refractivity contribution is 5.92. The SMILES string of the molecule is CC(C)Oc1ccc(CNC(=O)c2cn(-c3ccc(-c4nc(C5CC5)no4)cn3)cn2)cc1. The average Bonchev–Trinajstić information content (AvgIpc) is 3.34. The first-order chi connectivity index (χ1) is 16.0. The Morgan fingerprint density at radius 1 is 1.18 bits per heavy atom. The molecular weight excluding hydrogens is 420 g/mol. The first-order valence-electron chi connectivity index (χ1n) is 10.9. The summed E-state index contributed by atoms with van der Waals surface area (Å²) < 4.78 is 12.7. The van der Waals surface area contributed by atoms with Crippen molar-refractivity contribution < 1.29 is 14.1 Å². The molecule has 9 nitrogen and oxygen atoms in total. The van der Waals surface area contributed by atoms with Crippen molar-refractivity contribution in [1.29, 1.82) is 0 Å². The van der Waals surface area contributed by atoms with E-state index in [9.17, 15) is 4.79 Å². The lowest BCUT2D eigenvalue weighted by molar-refractivity contribution is 0.0946. The lowest BCUT2D eigenvalue weighted by Crippen LogP contribution is -2.23. The van der Waals surface area contributed by atoms with Gasteiger partial charge in [0.15, 0.2) is 5.82 Å². The Morgan fingerprint density at radius 3 is 2.70 bits per heavy atom. The second-order valence-corrected chi connectivity index (χ2v) is 8.30. The molecule has 0 unspecified atom stereocenters. The molecule has 3 heterocycles. The van der Waals surface area contributed by atoms with Crippen LogP contribution < -0.4 is 10.1 Å². The highest BCUT2D eigenvalue weighted by Crippen LogP contribution is 2.38. The van der Waals surface area contributed by atoms with Gasteiger partial charge in [-0.2, -0.15) is 4.98 Å². The molecule has 1 aromatic carbocycles. The van der Waals surface area contributed by atoms with Crippen LogP contribution in [0.25, 0.3) is 17.3 Å². The van der Waals surface area contributed by atoms with Crippen molar-refractivity contribution in [2.24, 2.45) is 0 Å². The first kappa shape index (κ1) is 20.9. The van der Waals surface area contributed by atoms with Gasteiger partial charge in [-0.25, -0.2) is 9.97 Å². The van der Waals surface area contributed by atoms with Gasteiger partial charge in [0.05, 0.1) is 11.7 Å². The van der Waals surface area contributed by atoms with E-state index in [1.165, 1.54) is 0 Å². The molecule has 0 spiro atoms. The molecule has 168 valence electrons. The van der Waals surface area contributed by atoms with Crippen LogP contribution in [0.3, 0.4) is 0 Å². The lowest BCUT2D eigenvalue weighted by Gasteiger charge is -2.10. The molecule has 1 N–H and O–H groups in total. The topological polar surface area (TPSA) is 108 Å². The number of carbonyl (C=O) groups is 1. The molecule has 1 aliphatic rings. The van der Waals surface area contributed by atoms with Crippen molar-refractivity contribution >= 4 is 5.91 Å². The van der Waals surface area contributed by atoms with E-state index >= 15 is 0 Å². The third kappa shape index (κ3) is 4.92. The predicted octanol–water partition coefficient (Wildman–Crippen LogP) is 3.91. The summed E-state index contributed by atoms with van der Waals surface area (Å²) in [7, 11) is 0. The fourth-order valence-electron chi connectivity index (χ4n) is 3.32. The molecule has 0 atom stereocenters. The molecule has 9 heteroatoms. The maximum absolute atomic E-state index is 12.5. The summed E-state index contributed by atoms with van der Waals surface area (Å²) in [6.45, 7) is 4.36. The molecule has 1 amide bonds. The van der Waals surface area contributed by atoms with Gasteiger partial charge in [0.2, 0.25) is 0 Å². The van der Waals surface area contributed by atoms with E-state index in [1.807, 2.05) is 50.2 Å². The van der Waals surface area contributed by atoms with Crippen LogP contribution in [0.2, 0.25) is 0 Å². The highest BCUT2D eigenvalue weighted by Gasteiger charge is 2.29. The minimum atomic E-state index is -0.258. The molecule has 4 aromatic rings. The van der Waals surface area contributed by atoms with Crippen LogP contribution in [0.5, 0.6) is 5.75 Å². The van der Waals surface area contributed by atoms with E-state index in [-0.39, 0.29) is 12.0 Å². The van der Waals surface area contributed by atoms with Crippen LogP contribution in [-0.4, -0.2) is 36.7 Å². The predicted molar refractivity (Wildman–Crippen MR) is 120 cm³/mol. The number of benzene rings is 1. The lowest BCUT2D eigenvalue weighted by atomic mass is 10.2. The Balaban J connectivity index is 1.19. The molecular formula is C24H24N6O3. The first-order valence-corrected chi connectivity index (χ1v) is 10.9. The van der Waals surface area contributed by atoms with Crippen LogP contribution in [0.4, 0.5) is 0 Å². The summed E-state index contributed by atoms with van der Waals surface area (Å²) >= 11 is 0. The Morgan fingerprint density at radius 2 is 2.00 bits per heavy atom. The fourth-order valence-corrected chi connectivity index (χ4v) is 3.32. The zero-order chi connectivity index (χ0) is 22.8. The fraction of sp³-hybridized carbons (Fsp3) is 0.292. The van der Waals surface area contributed by atoms with Crippen molar-refractivity contribution in [1.82, 2.24) is 30.0 Å². The van der Waals surface area contributed by atoms with Crippen molar-refractivity contribution in [2.45, 2.75) is 45.3 Å². The number of imidazole rings is 1. The van der Waals surface area contributed by atoms with E-state index in [0.717, 1.165) is 35.5 Å². The van der Waals surface area contributed by atoms with Crippen molar-refractivity contribution in [3.8, 4) is 23.0 Å². The Labute approximate surface area is 190 Å². The molecule has 0 radical (unpaired) electrons. The van der Waals surface area contributed by atoms with Gasteiger partial charge in [0.25, 0.3) is 11.8 Å². The smallest absolute Gasteiger partial charge is 0.271 e. The van der Waals surface area contributed by atoms with Crippen molar-refractivity contribution in [2.75, 3.05) is 0 Å². The number of rotatable bonds is 8. The number of pyridine rings is 1. The monoisotopic (exact) mass is 444 g/mol. The molecule has 0 bridgehead atoms. The van der Waals surface area contributed by atoms with Gasteiger partial charge < -0.3 is 14.6 Å². The van der Waals surface area contributed by atoms with E-state index in [1.54, 1.807) is 23.3 Å². The zero-order valence-corrected chi connectivity index (χ0v) is 18.4. The number of carbonyl (C=O) groups excluding carboxylic acids is 1. The maximum atomic E-state index is 12.5. The summed E-state index contributed by atoms with van der Waals surface area (Å²) in [5.74, 6) is 2.84. The van der Waals surface area contributed by atoms with E-state index in [0.29, 0.717) is 29.9 Å². The van der Waals surface area contributed by atoms with Gasteiger partial charge in [-0.05, 0) is 56.5 Å². The third-order valence-corrected chi connectivity index (χ3v) is 5.21. The molecule has 1 saturated carbocycles. The second-order valence-electron chi connectivity index (χ2n) is 8.30. The van der Waals surface area contributed by atoms with E-state index in [4.69, 9.17) is 9.26 Å². The molecule has 33 heavy (non-hydrogen) atoms. The molecule has 5 rings (SSSR count). The highest BCUT2D eigenvalue weighted by atomic mass is 16.5. The number of nitrogens with zero attached hydrogens (tertiary/aromatic N) is 5. The summed E-state index contributed by atoms with van der Waals surface area (Å²) in [6, 6.07) is 11.3. The van der Waals surface area contributed by atoms with Crippen LogP contribution in [0.1, 0.15) is 54.5 Å². The number of nitrogens with one attached hydrogen (secondary N) is 1. The molecule has 1 aliphatic carbocycles. The Bertz CT molecular complexity index is 1240. The van der Waals surface area contributed by atoms with Crippen LogP contribution in [0, 0.1) is 0 Å². The van der Waals surface area contributed by atoms with E-state index in [2.05, 4.69) is 25.4 Å². The van der Waals surface area contributed by atoms with Crippen molar-refractivity contribution in [3.05, 3.63) is 72.2 Å². The minimum Gasteiger partial charge on any atom is -0.491 e. The number of hydrogen-bond donors (Lipinski definition) is 1. The summed E-state index contributed by atoms with van der Waals surface area (Å²) in [5.41, 5.74) is 2.04. The van der Waals surface area contributed by atoms with Gasteiger partial charge in [-0.1, -0.05) is 17.3 Å². The number of amides is 1. The number of hydrogen-bond acceptors (Lipinski definition) is 7. The number of ether oxygens (including phenoxy) is 1. The minimum absolute atomic E-state index is 0.121. The van der Waals surface area contributed by atoms with Crippen LogP contribution >= 0.6 is 0 Å². The molecule has 0 aliphatic heterocycles. The summed E-state index contributed by atoms with van der Waals surface area (Å²) in [5, 5.41) is 6.92. The average molecular weight is 444 g/mol. The van der Waals surface area contributed by atoms with Gasteiger partial charge in [-0.3, -0.25) is 9.36 Å². The standard InChI is InChI=1S/C24H24N6O3/c1-15(2)32-19-8-3-16(4-9-19)11-26-23(31)20-13-30(14-27-20)21-10-7-18(12-25-21)24-28-22(29-33-24)17-5-6-17/h3-4,7-10,12-15,17H,5-6,11H2,1-2H3,(H,26,31). The largest absolute Gasteiger partial charge is 0.491 e. The maximum Gasteiger partial charge on any atom is 0.271 e. The summed E-state index contributed by atoms with van der Waals surface area (Å²) in [4.78, 5) is 25.6. The van der Waals surface area contributed by atoms with Crippen LogP contribution in [-0.2, 0) is 6.54 Å². The number of aromatic nitrogens is 5. The molecule has 0 saturated heterocycles.